The molecule has 2 aliphatic rings. The van der Waals surface area contributed by atoms with E-state index in [0.29, 0.717) is 56.7 Å². The van der Waals surface area contributed by atoms with E-state index in [0.717, 1.165) is 41.2 Å². The van der Waals surface area contributed by atoms with E-state index in [2.05, 4.69) is 5.32 Å². The van der Waals surface area contributed by atoms with Gasteiger partial charge in [0.05, 0.1) is 5.69 Å². The zero-order chi connectivity index (χ0) is 42.0. The molecule has 0 spiro atoms. The van der Waals surface area contributed by atoms with Crippen LogP contribution in [-0.2, 0) is 43.1 Å². The first kappa shape index (κ1) is 44.4. The molecular formula is C45H41ClF6N2O4S2. The Bertz CT molecular complexity index is 2410. The normalized spacial score (nSPS) is 13.3. The van der Waals surface area contributed by atoms with Crippen molar-refractivity contribution in [2.75, 3.05) is 23.3 Å². The molecule has 0 bridgehead atoms. The van der Waals surface area contributed by atoms with E-state index in [1.54, 1.807) is 89.8 Å². The first-order chi connectivity index (χ1) is 28.0. The number of thiophene rings is 2. The van der Waals surface area contributed by atoms with Gasteiger partial charge in [0.2, 0.25) is 0 Å². The third kappa shape index (κ3) is 10.8. The van der Waals surface area contributed by atoms with Crippen molar-refractivity contribution in [3.63, 3.8) is 0 Å². The van der Waals surface area contributed by atoms with Crippen molar-refractivity contribution < 1.29 is 45.3 Å². The SMILES string of the molecule is CC(C)(C)OC(=O)N1CCc2cc(OCc3cc(-c4ccccc4)c(C(F)(F)F)s3)ccc21.Cl.FC(F)(F)c1sc(COc2ccc3c(c2)CCN3)cc1-c1ccccc1. The van der Waals surface area contributed by atoms with Gasteiger partial charge < -0.3 is 19.5 Å². The van der Waals surface area contributed by atoms with Crippen LogP contribution in [0.3, 0.4) is 0 Å². The van der Waals surface area contributed by atoms with E-state index in [1.807, 2.05) is 45.0 Å². The fraction of sp³-hybridized carbons (Fsp3) is 0.267. The maximum absolute atomic E-state index is 13.6. The van der Waals surface area contributed by atoms with Crippen molar-refractivity contribution in [3.05, 3.63) is 140 Å². The number of nitrogens with one attached hydrogen (secondary N) is 1. The molecule has 8 rings (SSSR count). The number of benzene rings is 4. The number of rotatable bonds is 8. The lowest BCUT2D eigenvalue weighted by Crippen LogP contribution is -2.35. The van der Waals surface area contributed by atoms with Crippen LogP contribution < -0.4 is 19.7 Å². The standard InChI is InChI=1S/C25H24F3NO3S.C20H16F3NOS.ClH/c1-24(2,3)32-23(30)29-12-11-17-13-18(9-10-21(17)29)31-15-19-14-20(16-7-5-4-6-8-16)22(33-19)25(26,27)28;21-20(22,23)19-17(13-4-2-1-3-5-13)11-16(26-19)12-25-15-6-7-18-14(10-15)8-9-24-18;/h4-10,13-14H,11-12,15H2,1-3H3;1-7,10-11,24H,8-9,12H2;1H. The minimum absolute atomic E-state index is 0. The number of alkyl halides is 6. The summed E-state index contributed by atoms with van der Waals surface area (Å²) in [6.45, 7) is 7.00. The molecule has 0 atom stereocenters. The lowest BCUT2D eigenvalue weighted by atomic mass is 10.1. The summed E-state index contributed by atoms with van der Waals surface area (Å²) in [6.07, 6.45) is -7.63. The van der Waals surface area contributed by atoms with Gasteiger partial charge in [0.15, 0.2) is 0 Å². The van der Waals surface area contributed by atoms with Crippen LogP contribution in [0, 0.1) is 0 Å². The quantitative estimate of drug-likeness (QED) is 0.154. The molecule has 1 amide bonds. The fourth-order valence-electron chi connectivity index (χ4n) is 6.77. The molecule has 0 saturated heterocycles. The molecule has 0 aliphatic carbocycles. The Balaban J connectivity index is 0.000000203. The summed E-state index contributed by atoms with van der Waals surface area (Å²) >= 11 is 1.44. The van der Waals surface area contributed by atoms with Crippen molar-refractivity contribution in [3.8, 4) is 33.8 Å². The highest BCUT2D eigenvalue weighted by atomic mass is 35.5. The summed E-state index contributed by atoms with van der Waals surface area (Å²) in [7, 11) is 0. The number of amides is 1. The average molecular weight is 887 g/mol. The number of halogens is 7. The molecule has 4 heterocycles. The van der Waals surface area contributed by atoms with Crippen molar-refractivity contribution in [1.82, 2.24) is 0 Å². The van der Waals surface area contributed by atoms with Crippen molar-refractivity contribution in [2.24, 2.45) is 0 Å². The van der Waals surface area contributed by atoms with E-state index >= 15 is 0 Å². The van der Waals surface area contributed by atoms with Crippen molar-refractivity contribution in [1.29, 1.82) is 0 Å². The van der Waals surface area contributed by atoms with Gasteiger partial charge in [-0.25, -0.2) is 4.79 Å². The van der Waals surface area contributed by atoms with Crippen LogP contribution in [0.15, 0.2) is 109 Å². The lowest BCUT2D eigenvalue weighted by Gasteiger charge is -2.24. The minimum atomic E-state index is -4.44. The first-order valence-electron chi connectivity index (χ1n) is 18.8. The highest BCUT2D eigenvalue weighted by molar-refractivity contribution is 7.13. The number of hydrogen-bond acceptors (Lipinski definition) is 7. The summed E-state index contributed by atoms with van der Waals surface area (Å²) in [6, 6.07) is 31.4. The van der Waals surface area contributed by atoms with E-state index in [9.17, 15) is 31.1 Å². The van der Waals surface area contributed by atoms with Crippen LogP contribution >= 0.6 is 35.1 Å². The summed E-state index contributed by atoms with van der Waals surface area (Å²) in [4.78, 5) is 13.8. The molecule has 0 radical (unpaired) electrons. The minimum Gasteiger partial charge on any atom is -0.488 e. The summed E-state index contributed by atoms with van der Waals surface area (Å²) < 4.78 is 98.1. The molecule has 15 heteroatoms. The van der Waals surface area contributed by atoms with Crippen molar-refractivity contribution in [2.45, 2.75) is 64.8 Å². The molecule has 6 nitrogen and oxygen atoms in total. The summed E-state index contributed by atoms with van der Waals surface area (Å²) in [5, 5.41) is 3.27. The predicted molar refractivity (Wildman–Crippen MR) is 228 cm³/mol. The van der Waals surface area contributed by atoms with Gasteiger partial charge >= 0.3 is 18.4 Å². The van der Waals surface area contributed by atoms with Gasteiger partial charge in [-0.3, -0.25) is 4.90 Å². The molecule has 316 valence electrons. The van der Waals surface area contributed by atoms with Crippen LogP contribution in [0.5, 0.6) is 11.5 Å². The van der Waals surface area contributed by atoms with Gasteiger partial charge in [-0.15, -0.1) is 35.1 Å². The molecule has 0 unspecified atom stereocenters. The number of carbonyl (C=O) groups excluding carboxylic acids is 1. The van der Waals surface area contributed by atoms with Crippen LogP contribution in [0.4, 0.5) is 42.5 Å². The third-order valence-electron chi connectivity index (χ3n) is 9.36. The number of hydrogen-bond donors (Lipinski definition) is 1. The monoisotopic (exact) mass is 886 g/mol. The van der Waals surface area contributed by atoms with Crippen LogP contribution in [-0.4, -0.2) is 24.8 Å². The molecule has 2 aliphatic heterocycles. The molecule has 2 aromatic heterocycles. The zero-order valence-corrected chi connectivity index (χ0v) is 35.2. The van der Waals surface area contributed by atoms with E-state index < -0.39 is 33.8 Å². The number of carbonyl (C=O) groups is 1. The molecular weight excluding hydrogens is 846 g/mol. The third-order valence-corrected chi connectivity index (χ3v) is 11.7. The van der Waals surface area contributed by atoms with Gasteiger partial charge in [0, 0.05) is 39.7 Å². The Morgan fingerprint density at radius 2 is 1.17 bits per heavy atom. The zero-order valence-electron chi connectivity index (χ0n) is 32.7. The van der Waals surface area contributed by atoms with Gasteiger partial charge in [-0.2, -0.15) is 26.3 Å². The maximum atomic E-state index is 13.6. The average Bonchev–Trinajstić information content (AvgIpc) is 4.01. The van der Waals surface area contributed by atoms with E-state index in [1.165, 1.54) is 5.56 Å². The summed E-state index contributed by atoms with van der Waals surface area (Å²) in [5.74, 6) is 1.22. The molecule has 1 N–H and O–H groups in total. The first-order valence-corrected chi connectivity index (χ1v) is 20.4. The van der Waals surface area contributed by atoms with E-state index in [-0.39, 0.29) is 36.7 Å². The topological polar surface area (TPSA) is 60.0 Å². The van der Waals surface area contributed by atoms with Crippen molar-refractivity contribution >= 4 is 52.5 Å². The molecule has 0 saturated carbocycles. The second kappa shape index (κ2) is 18.2. The van der Waals surface area contributed by atoms with Crippen LogP contribution in [0.25, 0.3) is 22.3 Å². The molecule has 6 aromatic rings. The largest absolute Gasteiger partial charge is 0.488 e. The Hall–Kier alpha value is -5.18. The van der Waals surface area contributed by atoms with Gasteiger partial charge in [-0.1, -0.05) is 60.7 Å². The second-order valence-corrected chi connectivity index (χ2v) is 17.2. The smallest absolute Gasteiger partial charge is 0.426 e. The number of fused-ring (bicyclic) bond motifs is 2. The number of nitrogens with zero attached hydrogens (tertiary/aromatic N) is 1. The van der Waals surface area contributed by atoms with Gasteiger partial charge in [-0.05, 0) is 104 Å². The number of ether oxygens (including phenoxy) is 3. The lowest BCUT2D eigenvalue weighted by molar-refractivity contribution is -0.134. The Morgan fingerprint density at radius 1 is 0.667 bits per heavy atom. The van der Waals surface area contributed by atoms with Gasteiger partial charge in [0.1, 0.15) is 40.1 Å². The predicted octanol–water partition coefficient (Wildman–Crippen LogP) is 13.7. The summed E-state index contributed by atoms with van der Waals surface area (Å²) in [5.41, 5.74) is 4.83. The molecule has 0 fully saturated rings. The fourth-order valence-corrected chi connectivity index (χ4v) is 8.68. The van der Waals surface area contributed by atoms with Crippen LogP contribution in [0.1, 0.15) is 51.4 Å². The maximum Gasteiger partial charge on any atom is 0.426 e. The molecule has 4 aromatic carbocycles. The highest BCUT2D eigenvalue weighted by Crippen LogP contribution is 2.45. The van der Waals surface area contributed by atoms with E-state index in [4.69, 9.17) is 14.2 Å². The Morgan fingerprint density at radius 3 is 1.67 bits per heavy atom. The van der Waals surface area contributed by atoms with Gasteiger partial charge in [0.25, 0.3) is 0 Å². The number of anilines is 2. The molecule has 60 heavy (non-hydrogen) atoms. The Labute approximate surface area is 358 Å². The second-order valence-electron chi connectivity index (χ2n) is 14.9. The highest BCUT2D eigenvalue weighted by Gasteiger charge is 2.37. The van der Waals surface area contributed by atoms with Crippen LogP contribution in [0.2, 0.25) is 0 Å². The Kier molecular flexibility index (Phi) is 13.5.